The van der Waals surface area contributed by atoms with Crippen molar-refractivity contribution in [3.63, 3.8) is 0 Å². The third-order valence-corrected chi connectivity index (χ3v) is 3.02. The maximum atomic E-state index is 6.10. The van der Waals surface area contributed by atoms with Gasteiger partial charge in [0.15, 0.2) is 0 Å². The largest absolute Gasteiger partial charge is 0.369 e. The molecule has 0 aromatic heterocycles. The van der Waals surface area contributed by atoms with Gasteiger partial charge in [-0.15, -0.1) is 0 Å². The summed E-state index contributed by atoms with van der Waals surface area (Å²) >= 11 is 12.2. The topological polar surface area (TPSA) is 3.24 Å². The molecule has 3 heteroatoms. The predicted octanol–water partition coefficient (Wildman–Crippen LogP) is 3.88. The van der Waals surface area contributed by atoms with E-state index >= 15 is 0 Å². The first kappa shape index (κ1) is 10.6. The molecule has 1 heterocycles. The lowest BCUT2D eigenvalue weighted by molar-refractivity contribution is 0.405. The van der Waals surface area contributed by atoms with Crippen molar-refractivity contribution in [3.05, 3.63) is 58.2 Å². The second kappa shape index (κ2) is 4.73. The van der Waals surface area contributed by atoms with Crippen molar-refractivity contribution in [2.75, 3.05) is 6.54 Å². The number of rotatable bonds is 2. The van der Waals surface area contributed by atoms with E-state index in [4.69, 9.17) is 23.2 Å². The molecule has 0 atom stereocenters. The van der Waals surface area contributed by atoms with Crippen LogP contribution in [0, 0.1) is 0 Å². The fourth-order valence-corrected chi connectivity index (χ4v) is 2.03. The Kier molecular flexibility index (Phi) is 3.34. The van der Waals surface area contributed by atoms with Crippen LogP contribution in [0.3, 0.4) is 0 Å². The zero-order valence-corrected chi connectivity index (χ0v) is 9.67. The van der Waals surface area contributed by atoms with Crippen LogP contribution < -0.4 is 0 Å². The molecule has 0 unspecified atom stereocenters. The summed E-state index contributed by atoms with van der Waals surface area (Å²) < 4.78 is 0. The van der Waals surface area contributed by atoms with Crippen LogP contribution in [0.4, 0.5) is 0 Å². The van der Waals surface area contributed by atoms with Crippen LogP contribution in [0.2, 0.25) is 10.0 Å². The number of allylic oxidation sites excluding steroid dienone is 2. The van der Waals surface area contributed by atoms with Gasteiger partial charge >= 0.3 is 0 Å². The molecule has 15 heavy (non-hydrogen) atoms. The average Bonchev–Trinajstić information content (AvgIpc) is 2.25. The van der Waals surface area contributed by atoms with E-state index in [2.05, 4.69) is 11.0 Å². The summed E-state index contributed by atoms with van der Waals surface area (Å²) in [4.78, 5) is 2.16. The summed E-state index contributed by atoms with van der Waals surface area (Å²) in [6.45, 7) is 1.65. The van der Waals surface area contributed by atoms with E-state index in [1.807, 2.05) is 36.6 Å². The number of benzene rings is 1. The van der Waals surface area contributed by atoms with Gasteiger partial charge in [-0.3, -0.25) is 0 Å². The first-order chi connectivity index (χ1) is 7.27. The molecule has 2 rings (SSSR count). The fraction of sp³-hybridized carbons (Fsp3) is 0.167. The Labute approximate surface area is 99.6 Å². The van der Waals surface area contributed by atoms with Gasteiger partial charge in [0.2, 0.25) is 0 Å². The second-order valence-electron chi connectivity index (χ2n) is 3.40. The summed E-state index contributed by atoms with van der Waals surface area (Å²) in [6.07, 6.45) is 8.18. The minimum atomic E-state index is 0.727. The van der Waals surface area contributed by atoms with Crippen LogP contribution in [0.5, 0.6) is 0 Å². The van der Waals surface area contributed by atoms with Crippen molar-refractivity contribution < 1.29 is 0 Å². The maximum absolute atomic E-state index is 6.10. The molecule has 0 spiro atoms. The molecule has 0 saturated heterocycles. The zero-order chi connectivity index (χ0) is 10.7. The quantitative estimate of drug-likeness (QED) is 0.758. The number of hydrogen-bond donors (Lipinski definition) is 0. The first-order valence-corrected chi connectivity index (χ1v) is 5.53. The molecule has 0 amide bonds. The van der Waals surface area contributed by atoms with Gasteiger partial charge in [-0.1, -0.05) is 41.4 Å². The standard InChI is InChI=1S/C12H11Cl2N/c13-11-5-4-6-12(14)10(11)9-15-7-2-1-3-8-15/h1-7H,8-9H2. The molecule has 1 aliphatic heterocycles. The van der Waals surface area contributed by atoms with E-state index in [0.29, 0.717) is 0 Å². The van der Waals surface area contributed by atoms with E-state index in [-0.39, 0.29) is 0 Å². The van der Waals surface area contributed by atoms with Crippen LogP contribution in [0.25, 0.3) is 0 Å². The number of hydrogen-bond acceptors (Lipinski definition) is 1. The van der Waals surface area contributed by atoms with E-state index in [1.54, 1.807) is 0 Å². The summed E-state index contributed by atoms with van der Waals surface area (Å²) in [7, 11) is 0. The van der Waals surface area contributed by atoms with Crippen molar-refractivity contribution in [2.24, 2.45) is 0 Å². The van der Waals surface area contributed by atoms with Crippen molar-refractivity contribution >= 4 is 23.2 Å². The zero-order valence-electron chi connectivity index (χ0n) is 8.16. The number of nitrogens with zero attached hydrogens (tertiary/aromatic N) is 1. The lowest BCUT2D eigenvalue weighted by Crippen LogP contribution is -2.18. The van der Waals surface area contributed by atoms with Gasteiger partial charge in [-0.25, -0.2) is 0 Å². The molecule has 1 aromatic carbocycles. The molecule has 0 radical (unpaired) electrons. The van der Waals surface area contributed by atoms with Gasteiger partial charge in [0.05, 0.1) is 0 Å². The van der Waals surface area contributed by atoms with Crippen LogP contribution in [0.15, 0.2) is 42.6 Å². The van der Waals surface area contributed by atoms with E-state index in [1.165, 1.54) is 0 Å². The van der Waals surface area contributed by atoms with Crippen molar-refractivity contribution in [3.8, 4) is 0 Å². The maximum Gasteiger partial charge on any atom is 0.0470 e. The average molecular weight is 240 g/mol. The molecule has 0 N–H and O–H groups in total. The van der Waals surface area contributed by atoms with Gasteiger partial charge in [-0.2, -0.15) is 0 Å². The normalized spacial score (nSPS) is 14.7. The molecule has 0 fully saturated rings. The fourth-order valence-electron chi connectivity index (χ4n) is 1.51. The third-order valence-electron chi connectivity index (χ3n) is 2.31. The Balaban J connectivity index is 2.17. The van der Waals surface area contributed by atoms with Gasteiger partial charge in [0, 0.05) is 28.7 Å². The Morgan fingerprint density at radius 3 is 2.47 bits per heavy atom. The Bertz CT molecular complexity index is 390. The minimum Gasteiger partial charge on any atom is -0.369 e. The van der Waals surface area contributed by atoms with Crippen LogP contribution in [-0.4, -0.2) is 11.4 Å². The summed E-state index contributed by atoms with van der Waals surface area (Å²) in [6, 6.07) is 5.60. The molecular weight excluding hydrogens is 229 g/mol. The van der Waals surface area contributed by atoms with Gasteiger partial charge in [-0.05, 0) is 24.4 Å². The highest BCUT2D eigenvalue weighted by molar-refractivity contribution is 6.35. The van der Waals surface area contributed by atoms with Crippen molar-refractivity contribution in [1.29, 1.82) is 0 Å². The van der Waals surface area contributed by atoms with E-state index in [0.717, 1.165) is 28.7 Å². The van der Waals surface area contributed by atoms with E-state index in [9.17, 15) is 0 Å². The second-order valence-corrected chi connectivity index (χ2v) is 4.21. The highest BCUT2D eigenvalue weighted by Crippen LogP contribution is 2.25. The third kappa shape index (κ3) is 2.55. The summed E-state index contributed by atoms with van der Waals surface area (Å²) in [5, 5.41) is 1.45. The Morgan fingerprint density at radius 1 is 1.13 bits per heavy atom. The highest BCUT2D eigenvalue weighted by atomic mass is 35.5. The van der Waals surface area contributed by atoms with Crippen LogP contribution in [0.1, 0.15) is 5.56 Å². The highest BCUT2D eigenvalue weighted by Gasteiger charge is 2.08. The minimum absolute atomic E-state index is 0.727. The summed E-state index contributed by atoms with van der Waals surface area (Å²) in [5.41, 5.74) is 0.987. The van der Waals surface area contributed by atoms with Crippen LogP contribution >= 0.6 is 23.2 Å². The van der Waals surface area contributed by atoms with Crippen molar-refractivity contribution in [2.45, 2.75) is 6.54 Å². The molecule has 0 saturated carbocycles. The molecule has 78 valence electrons. The summed E-state index contributed by atoms with van der Waals surface area (Å²) in [5.74, 6) is 0. The smallest absolute Gasteiger partial charge is 0.0470 e. The Morgan fingerprint density at radius 2 is 1.87 bits per heavy atom. The van der Waals surface area contributed by atoms with Crippen LogP contribution in [-0.2, 0) is 6.54 Å². The molecule has 1 aromatic rings. The monoisotopic (exact) mass is 239 g/mol. The van der Waals surface area contributed by atoms with Crippen molar-refractivity contribution in [1.82, 2.24) is 4.90 Å². The van der Waals surface area contributed by atoms with E-state index < -0.39 is 0 Å². The lowest BCUT2D eigenvalue weighted by Gasteiger charge is -2.21. The van der Waals surface area contributed by atoms with Gasteiger partial charge in [0.1, 0.15) is 0 Å². The molecular formula is C12H11Cl2N. The molecule has 0 aliphatic carbocycles. The first-order valence-electron chi connectivity index (χ1n) is 4.77. The molecule has 0 bridgehead atoms. The molecule has 1 aliphatic rings. The SMILES string of the molecule is Clc1cccc(Cl)c1CN1C=CC=CC1. The molecule has 1 nitrogen and oxygen atoms in total. The Hall–Kier alpha value is -0.920. The number of halogens is 2. The predicted molar refractivity (Wildman–Crippen MR) is 65.2 cm³/mol. The lowest BCUT2D eigenvalue weighted by atomic mass is 10.2. The van der Waals surface area contributed by atoms with Gasteiger partial charge < -0.3 is 4.90 Å². The van der Waals surface area contributed by atoms with Gasteiger partial charge in [0.25, 0.3) is 0 Å².